The first-order valence-electron chi connectivity index (χ1n) is 28.5. The first-order chi connectivity index (χ1) is 31.0. The Labute approximate surface area is 393 Å². The predicted octanol–water partition coefficient (Wildman–Crippen LogP) is 18.8. The van der Waals surface area contributed by atoms with Crippen LogP contribution in [0.1, 0.15) is 329 Å². The molecule has 1 unspecified atom stereocenters. The number of carbonyl (C=O) groups excluding carboxylic acids is 3. The minimum Gasteiger partial charge on any atom is -0.462 e. The highest BCUT2D eigenvalue weighted by Crippen LogP contribution is 2.18. The fourth-order valence-corrected chi connectivity index (χ4v) is 8.80. The van der Waals surface area contributed by atoms with Crippen LogP contribution in [-0.2, 0) is 28.6 Å². The van der Waals surface area contributed by atoms with Crippen molar-refractivity contribution in [1.29, 1.82) is 0 Å². The topological polar surface area (TPSA) is 78.9 Å². The summed E-state index contributed by atoms with van der Waals surface area (Å²) in [5.41, 5.74) is 0. The van der Waals surface area contributed by atoms with Crippen LogP contribution in [0.4, 0.5) is 0 Å². The molecule has 0 spiro atoms. The maximum absolute atomic E-state index is 12.7. The Hall–Kier alpha value is -1.59. The zero-order chi connectivity index (χ0) is 45.8. The van der Waals surface area contributed by atoms with Crippen LogP contribution in [0, 0.1) is 0 Å². The van der Waals surface area contributed by atoms with Gasteiger partial charge in [0.1, 0.15) is 13.2 Å². The Bertz CT molecular complexity index is 936. The minimum absolute atomic E-state index is 0.0628. The van der Waals surface area contributed by atoms with Crippen molar-refractivity contribution in [2.24, 2.45) is 0 Å². The summed E-state index contributed by atoms with van der Waals surface area (Å²) in [6.45, 7) is 6.62. The van der Waals surface area contributed by atoms with Gasteiger partial charge in [0.25, 0.3) is 0 Å². The maximum Gasteiger partial charge on any atom is 0.306 e. The molecule has 0 saturated carbocycles. The fraction of sp³-hybridized carbons (Fsp3) is 0.947. The number of ether oxygens (including phenoxy) is 3. The highest BCUT2D eigenvalue weighted by molar-refractivity contribution is 5.71. The first kappa shape index (κ1) is 61.4. The molecule has 0 aromatic heterocycles. The van der Waals surface area contributed by atoms with Gasteiger partial charge in [0, 0.05) is 19.3 Å². The Morgan fingerprint density at radius 1 is 0.254 bits per heavy atom. The van der Waals surface area contributed by atoms with Gasteiger partial charge in [-0.2, -0.15) is 0 Å². The lowest BCUT2D eigenvalue weighted by Gasteiger charge is -2.18. The Kier molecular flexibility index (Phi) is 51.7. The SMILES string of the molecule is CCCCCCCCCCCCCCCCCCCCCCCCCCCCCCC(=O)OCC(COC(=O)CCCCCCCC)OC(=O)CCCCCCCCCCCCC. The molecule has 0 radical (unpaired) electrons. The molecule has 0 aliphatic rings. The number of hydrogen-bond acceptors (Lipinski definition) is 6. The molecule has 0 N–H and O–H groups in total. The van der Waals surface area contributed by atoms with E-state index in [2.05, 4.69) is 20.8 Å². The minimum atomic E-state index is -0.758. The van der Waals surface area contributed by atoms with E-state index in [1.165, 1.54) is 231 Å². The summed E-state index contributed by atoms with van der Waals surface area (Å²) in [6.07, 6.45) is 58.7. The monoisotopic (exact) mass is 891 g/mol. The standard InChI is InChI=1S/C57H110O6/c1-4-7-10-13-16-18-20-21-22-23-24-25-26-27-28-29-30-31-32-33-34-35-36-38-39-41-44-47-50-56(59)62-53-54(52-61-55(58)49-46-43-15-12-9-6-3)63-57(60)51-48-45-42-40-37-19-17-14-11-8-5-2/h54H,4-53H2,1-3H3. The highest BCUT2D eigenvalue weighted by Gasteiger charge is 2.19. The third kappa shape index (κ3) is 51.3. The van der Waals surface area contributed by atoms with Gasteiger partial charge in [0.05, 0.1) is 0 Å². The van der Waals surface area contributed by atoms with Gasteiger partial charge >= 0.3 is 17.9 Å². The van der Waals surface area contributed by atoms with Crippen molar-refractivity contribution in [2.75, 3.05) is 13.2 Å². The molecule has 0 fully saturated rings. The third-order valence-electron chi connectivity index (χ3n) is 13.1. The molecular weight excluding hydrogens is 781 g/mol. The van der Waals surface area contributed by atoms with Gasteiger partial charge in [-0.15, -0.1) is 0 Å². The lowest BCUT2D eigenvalue weighted by Crippen LogP contribution is -2.30. The Morgan fingerprint density at radius 3 is 0.635 bits per heavy atom. The molecule has 6 heteroatoms. The fourth-order valence-electron chi connectivity index (χ4n) is 8.80. The molecule has 0 aromatic carbocycles. The zero-order valence-electron chi connectivity index (χ0n) is 42.9. The van der Waals surface area contributed by atoms with E-state index in [-0.39, 0.29) is 31.1 Å². The number of rotatable bonds is 53. The molecule has 0 aliphatic heterocycles. The van der Waals surface area contributed by atoms with Crippen LogP contribution < -0.4 is 0 Å². The van der Waals surface area contributed by atoms with Gasteiger partial charge < -0.3 is 14.2 Å². The molecule has 0 amide bonds. The molecule has 63 heavy (non-hydrogen) atoms. The molecule has 6 nitrogen and oxygen atoms in total. The van der Waals surface area contributed by atoms with Crippen LogP contribution in [0.5, 0.6) is 0 Å². The van der Waals surface area contributed by atoms with Gasteiger partial charge in [-0.1, -0.05) is 290 Å². The Morgan fingerprint density at radius 2 is 0.429 bits per heavy atom. The summed E-state index contributed by atoms with van der Waals surface area (Å²) in [5, 5.41) is 0. The van der Waals surface area contributed by atoms with E-state index in [9.17, 15) is 14.4 Å². The summed E-state index contributed by atoms with van der Waals surface area (Å²) < 4.78 is 16.7. The van der Waals surface area contributed by atoms with Crippen molar-refractivity contribution in [3.05, 3.63) is 0 Å². The van der Waals surface area contributed by atoms with Crippen LogP contribution >= 0.6 is 0 Å². The molecule has 0 saturated heterocycles. The van der Waals surface area contributed by atoms with E-state index < -0.39 is 6.10 Å². The van der Waals surface area contributed by atoms with Gasteiger partial charge in [-0.3, -0.25) is 14.4 Å². The van der Waals surface area contributed by atoms with Crippen LogP contribution in [0.3, 0.4) is 0 Å². The molecule has 0 heterocycles. The summed E-state index contributed by atoms with van der Waals surface area (Å²) in [5.74, 6) is -0.853. The second-order valence-electron chi connectivity index (χ2n) is 19.6. The summed E-state index contributed by atoms with van der Waals surface area (Å²) in [4.78, 5) is 37.7. The third-order valence-corrected chi connectivity index (χ3v) is 13.1. The zero-order valence-corrected chi connectivity index (χ0v) is 42.9. The van der Waals surface area contributed by atoms with Crippen molar-refractivity contribution in [3.63, 3.8) is 0 Å². The van der Waals surface area contributed by atoms with Gasteiger partial charge in [-0.05, 0) is 19.3 Å². The summed E-state index contributed by atoms with van der Waals surface area (Å²) in [7, 11) is 0. The molecule has 0 aliphatic carbocycles. The normalized spacial score (nSPS) is 11.9. The van der Waals surface area contributed by atoms with Crippen molar-refractivity contribution >= 4 is 17.9 Å². The van der Waals surface area contributed by atoms with Gasteiger partial charge in [0.15, 0.2) is 6.10 Å². The number of carbonyl (C=O) groups is 3. The smallest absolute Gasteiger partial charge is 0.306 e. The summed E-state index contributed by atoms with van der Waals surface area (Å²) >= 11 is 0. The van der Waals surface area contributed by atoms with E-state index in [4.69, 9.17) is 14.2 Å². The van der Waals surface area contributed by atoms with Crippen molar-refractivity contribution < 1.29 is 28.6 Å². The second-order valence-corrected chi connectivity index (χ2v) is 19.6. The van der Waals surface area contributed by atoms with Crippen LogP contribution in [0.15, 0.2) is 0 Å². The number of hydrogen-bond donors (Lipinski definition) is 0. The first-order valence-corrected chi connectivity index (χ1v) is 28.5. The summed E-state index contributed by atoms with van der Waals surface area (Å²) in [6, 6.07) is 0. The largest absolute Gasteiger partial charge is 0.462 e. The van der Waals surface area contributed by atoms with E-state index in [0.717, 1.165) is 57.8 Å². The lowest BCUT2D eigenvalue weighted by molar-refractivity contribution is -0.167. The van der Waals surface area contributed by atoms with Gasteiger partial charge in [-0.25, -0.2) is 0 Å². The van der Waals surface area contributed by atoms with Crippen LogP contribution in [0.25, 0.3) is 0 Å². The second kappa shape index (κ2) is 53.0. The van der Waals surface area contributed by atoms with Crippen LogP contribution in [0.2, 0.25) is 0 Å². The lowest BCUT2D eigenvalue weighted by atomic mass is 10.0. The van der Waals surface area contributed by atoms with E-state index in [0.29, 0.717) is 19.3 Å². The van der Waals surface area contributed by atoms with Gasteiger partial charge in [0.2, 0.25) is 0 Å². The van der Waals surface area contributed by atoms with E-state index in [1.807, 2.05) is 0 Å². The molecule has 0 rings (SSSR count). The number of esters is 3. The van der Waals surface area contributed by atoms with E-state index >= 15 is 0 Å². The quantitative estimate of drug-likeness (QED) is 0.0344. The van der Waals surface area contributed by atoms with Crippen molar-refractivity contribution in [2.45, 2.75) is 335 Å². The number of unbranched alkanes of at least 4 members (excludes halogenated alkanes) is 42. The Balaban J connectivity index is 3.91. The maximum atomic E-state index is 12.7. The van der Waals surface area contributed by atoms with E-state index in [1.54, 1.807) is 0 Å². The average Bonchev–Trinajstić information content (AvgIpc) is 3.28. The highest BCUT2D eigenvalue weighted by atomic mass is 16.6. The van der Waals surface area contributed by atoms with Crippen LogP contribution in [-0.4, -0.2) is 37.2 Å². The average molecular weight is 892 g/mol. The molecular formula is C57H110O6. The molecule has 1 atom stereocenters. The molecule has 374 valence electrons. The molecule has 0 aromatic rings. The van der Waals surface area contributed by atoms with Crippen molar-refractivity contribution in [3.8, 4) is 0 Å². The van der Waals surface area contributed by atoms with Crippen molar-refractivity contribution in [1.82, 2.24) is 0 Å². The molecule has 0 bridgehead atoms. The predicted molar refractivity (Wildman–Crippen MR) is 270 cm³/mol.